The van der Waals surface area contributed by atoms with Gasteiger partial charge in [-0.1, -0.05) is 26.2 Å². The van der Waals surface area contributed by atoms with Crippen molar-refractivity contribution in [2.75, 3.05) is 6.54 Å². The highest BCUT2D eigenvalue weighted by Crippen LogP contribution is 2.32. The molecular weight excluding hydrogens is 196 g/mol. The summed E-state index contributed by atoms with van der Waals surface area (Å²) in [5.74, 6) is 0.910. The Bertz CT molecular complexity index is 205. The number of hydrogen-bond donors (Lipinski definition) is 2. The molecule has 2 bridgehead atoms. The fourth-order valence-corrected chi connectivity index (χ4v) is 3.32. The van der Waals surface area contributed by atoms with E-state index in [-0.39, 0.29) is 0 Å². The third kappa shape index (κ3) is 3.21. The first kappa shape index (κ1) is 12.4. The molecule has 2 heterocycles. The quantitative estimate of drug-likeness (QED) is 0.650. The minimum Gasteiger partial charge on any atom is -0.314 e. The van der Waals surface area contributed by atoms with E-state index in [2.05, 4.69) is 24.5 Å². The Labute approximate surface area is 101 Å². The average Bonchev–Trinajstić information content (AvgIpc) is 2.88. The Morgan fingerprint density at radius 1 is 1.31 bits per heavy atom. The van der Waals surface area contributed by atoms with Gasteiger partial charge in [0.05, 0.1) is 0 Å². The predicted octanol–water partition coefficient (Wildman–Crippen LogP) is 2.69. The normalized spacial score (nSPS) is 34.5. The smallest absolute Gasteiger partial charge is 0.0111 e. The van der Waals surface area contributed by atoms with Gasteiger partial charge >= 0.3 is 0 Å². The molecule has 0 aromatic carbocycles. The van der Waals surface area contributed by atoms with Gasteiger partial charge in [-0.15, -0.1) is 0 Å². The van der Waals surface area contributed by atoms with Crippen LogP contribution < -0.4 is 10.6 Å². The first-order valence-electron chi connectivity index (χ1n) is 7.29. The van der Waals surface area contributed by atoms with Crippen molar-refractivity contribution in [1.29, 1.82) is 0 Å². The molecule has 4 unspecified atom stereocenters. The van der Waals surface area contributed by atoms with E-state index in [0.29, 0.717) is 6.04 Å². The van der Waals surface area contributed by atoms with Gasteiger partial charge in [0, 0.05) is 18.1 Å². The van der Waals surface area contributed by atoms with Gasteiger partial charge in [0.1, 0.15) is 0 Å². The monoisotopic (exact) mass is 224 g/mol. The lowest BCUT2D eigenvalue weighted by molar-refractivity contribution is 0.358. The summed E-state index contributed by atoms with van der Waals surface area (Å²) in [4.78, 5) is 0. The van der Waals surface area contributed by atoms with E-state index in [1.807, 2.05) is 0 Å². The van der Waals surface area contributed by atoms with Crippen LogP contribution in [0.4, 0.5) is 0 Å². The summed E-state index contributed by atoms with van der Waals surface area (Å²) in [5.41, 5.74) is 0. The van der Waals surface area contributed by atoms with E-state index >= 15 is 0 Å². The fraction of sp³-hybridized carbons (Fsp3) is 1.00. The first-order valence-corrected chi connectivity index (χ1v) is 7.29. The van der Waals surface area contributed by atoms with Crippen molar-refractivity contribution in [1.82, 2.24) is 10.6 Å². The second kappa shape index (κ2) is 6.02. The van der Waals surface area contributed by atoms with Gasteiger partial charge in [0.15, 0.2) is 0 Å². The van der Waals surface area contributed by atoms with Crippen LogP contribution in [0, 0.1) is 5.92 Å². The van der Waals surface area contributed by atoms with Crippen LogP contribution >= 0.6 is 0 Å². The van der Waals surface area contributed by atoms with Crippen LogP contribution in [0.1, 0.15) is 58.8 Å². The Morgan fingerprint density at radius 2 is 2.19 bits per heavy atom. The van der Waals surface area contributed by atoms with Crippen molar-refractivity contribution in [2.24, 2.45) is 5.92 Å². The molecule has 2 heteroatoms. The highest BCUT2D eigenvalue weighted by atomic mass is 15.0. The largest absolute Gasteiger partial charge is 0.314 e. The molecule has 16 heavy (non-hydrogen) atoms. The summed E-state index contributed by atoms with van der Waals surface area (Å²) >= 11 is 0. The summed E-state index contributed by atoms with van der Waals surface area (Å²) in [6.45, 7) is 5.86. The Kier molecular flexibility index (Phi) is 4.66. The van der Waals surface area contributed by atoms with Crippen molar-refractivity contribution in [3.8, 4) is 0 Å². The van der Waals surface area contributed by atoms with E-state index < -0.39 is 0 Å². The molecule has 2 aliphatic rings. The van der Waals surface area contributed by atoms with E-state index in [9.17, 15) is 0 Å². The SMILES string of the molecule is CCCCCC(C)NCC1CC2CCC1N2. The predicted molar refractivity (Wildman–Crippen MR) is 69.7 cm³/mol. The highest BCUT2D eigenvalue weighted by molar-refractivity contribution is 4.98. The van der Waals surface area contributed by atoms with Crippen LogP contribution in [0.3, 0.4) is 0 Å². The van der Waals surface area contributed by atoms with Gasteiger partial charge in [-0.3, -0.25) is 0 Å². The summed E-state index contributed by atoms with van der Waals surface area (Å²) in [7, 11) is 0. The van der Waals surface area contributed by atoms with Gasteiger partial charge in [0.25, 0.3) is 0 Å². The Balaban J connectivity index is 1.57. The van der Waals surface area contributed by atoms with Crippen molar-refractivity contribution < 1.29 is 0 Å². The molecule has 0 aliphatic carbocycles. The van der Waals surface area contributed by atoms with Crippen molar-refractivity contribution >= 4 is 0 Å². The molecular formula is C14H28N2. The average molecular weight is 224 g/mol. The van der Waals surface area contributed by atoms with E-state index in [0.717, 1.165) is 18.0 Å². The third-order valence-electron chi connectivity index (χ3n) is 4.40. The number of fused-ring (bicyclic) bond motifs is 2. The second-order valence-electron chi connectivity index (χ2n) is 5.85. The molecule has 94 valence electrons. The van der Waals surface area contributed by atoms with Gasteiger partial charge in [-0.2, -0.15) is 0 Å². The molecule has 0 saturated carbocycles. The Hall–Kier alpha value is -0.0800. The molecule has 2 nitrogen and oxygen atoms in total. The maximum absolute atomic E-state index is 3.73. The van der Waals surface area contributed by atoms with Crippen LogP contribution in [0.25, 0.3) is 0 Å². The third-order valence-corrected chi connectivity index (χ3v) is 4.40. The molecule has 2 fully saturated rings. The lowest BCUT2D eigenvalue weighted by atomic mass is 9.89. The summed E-state index contributed by atoms with van der Waals surface area (Å²) in [6, 6.07) is 2.40. The molecule has 2 N–H and O–H groups in total. The lowest BCUT2D eigenvalue weighted by Crippen LogP contribution is -2.36. The zero-order valence-electron chi connectivity index (χ0n) is 11.0. The van der Waals surface area contributed by atoms with E-state index in [1.54, 1.807) is 0 Å². The number of rotatable bonds is 7. The van der Waals surface area contributed by atoms with Crippen molar-refractivity contribution in [3.05, 3.63) is 0 Å². The molecule has 0 aromatic rings. The molecule has 0 radical (unpaired) electrons. The molecule has 0 amide bonds. The number of hydrogen-bond acceptors (Lipinski definition) is 2. The zero-order valence-corrected chi connectivity index (χ0v) is 11.0. The molecule has 2 saturated heterocycles. The first-order chi connectivity index (χ1) is 7.79. The zero-order chi connectivity index (χ0) is 11.4. The minimum absolute atomic E-state index is 0.714. The second-order valence-corrected chi connectivity index (χ2v) is 5.85. The van der Waals surface area contributed by atoms with E-state index in [1.165, 1.54) is 51.5 Å². The maximum atomic E-state index is 3.73. The molecule has 2 aliphatic heterocycles. The molecule has 0 spiro atoms. The van der Waals surface area contributed by atoms with Gasteiger partial charge in [-0.05, 0) is 45.1 Å². The lowest BCUT2D eigenvalue weighted by Gasteiger charge is -2.23. The topological polar surface area (TPSA) is 24.1 Å². The van der Waals surface area contributed by atoms with Crippen LogP contribution in [0.5, 0.6) is 0 Å². The molecule has 0 aromatic heterocycles. The van der Waals surface area contributed by atoms with Crippen LogP contribution in [0.15, 0.2) is 0 Å². The van der Waals surface area contributed by atoms with Crippen molar-refractivity contribution in [3.63, 3.8) is 0 Å². The highest BCUT2D eigenvalue weighted by Gasteiger charge is 2.38. The number of unbranched alkanes of at least 4 members (excludes halogenated alkanes) is 2. The minimum atomic E-state index is 0.714. The molecule has 2 rings (SSSR count). The summed E-state index contributed by atoms with van der Waals surface area (Å²) < 4.78 is 0. The maximum Gasteiger partial charge on any atom is 0.0111 e. The van der Waals surface area contributed by atoms with Gasteiger partial charge < -0.3 is 10.6 Å². The van der Waals surface area contributed by atoms with Crippen LogP contribution in [-0.2, 0) is 0 Å². The summed E-state index contributed by atoms with van der Waals surface area (Å²) in [5, 5.41) is 7.44. The van der Waals surface area contributed by atoms with Gasteiger partial charge in [0.2, 0.25) is 0 Å². The molecule has 4 atom stereocenters. The summed E-state index contributed by atoms with van der Waals surface area (Å²) in [6.07, 6.45) is 9.72. The standard InChI is InChI=1S/C14H28N2/c1-3-4-5-6-11(2)15-10-12-9-13-7-8-14(12)16-13/h11-16H,3-10H2,1-2H3. The van der Waals surface area contributed by atoms with Crippen LogP contribution in [-0.4, -0.2) is 24.7 Å². The van der Waals surface area contributed by atoms with Gasteiger partial charge in [-0.25, -0.2) is 0 Å². The fourth-order valence-electron chi connectivity index (χ4n) is 3.32. The van der Waals surface area contributed by atoms with Crippen LogP contribution in [0.2, 0.25) is 0 Å². The van der Waals surface area contributed by atoms with E-state index in [4.69, 9.17) is 0 Å². The number of nitrogens with one attached hydrogen (secondary N) is 2. The Morgan fingerprint density at radius 3 is 2.81 bits per heavy atom. The van der Waals surface area contributed by atoms with Crippen molar-refractivity contribution in [2.45, 2.75) is 76.9 Å².